The second kappa shape index (κ2) is 6.32. The number of hydrogen-bond acceptors (Lipinski definition) is 3. The molecule has 0 saturated carbocycles. The zero-order valence-electron chi connectivity index (χ0n) is 13.8. The minimum absolute atomic E-state index is 0.0876. The Kier molecular flexibility index (Phi) is 3.86. The third kappa shape index (κ3) is 3.06. The largest absolute Gasteiger partial charge is 0.397 e. The molecule has 0 spiro atoms. The molecule has 0 fully saturated rings. The SMILES string of the molecule is Nc1ccccc1Nc1ccc2c(c1)CN(Cc1ccccc1)C2=O. The molecule has 4 heteroatoms. The Morgan fingerprint density at radius 1 is 0.960 bits per heavy atom. The Bertz CT molecular complexity index is 921. The van der Waals surface area contributed by atoms with Gasteiger partial charge in [0.05, 0.1) is 11.4 Å². The first-order valence-corrected chi connectivity index (χ1v) is 8.28. The molecule has 1 heterocycles. The second-order valence-corrected chi connectivity index (χ2v) is 6.23. The number of para-hydroxylation sites is 2. The van der Waals surface area contributed by atoms with Crippen molar-refractivity contribution in [3.05, 3.63) is 89.5 Å². The van der Waals surface area contributed by atoms with Gasteiger partial charge in [-0.3, -0.25) is 4.79 Å². The number of anilines is 3. The van der Waals surface area contributed by atoms with Crippen molar-refractivity contribution < 1.29 is 4.79 Å². The number of fused-ring (bicyclic) bond motifs is 1. The van der Waals surface area contributed by atoms with E-state index in [9.17, 15) is 4.79 Å². The fourth-order valence-electron chi connectivity index (χ4n) is 3.16. The maximum absolute atomic E-state index is 12.6. The van der Waals surface area contributed by atoms with Gasteiger partial charge in [-0.05, 0) is 41.5 Å². The molecule has 3 aromatic rings. The number of nitrogens with zero attached hydrogens (tertiary/aromatic N) is 1. The number of benzene rings is 3. The lowest BCUT2D eigenvalue weighted by atomic mass is 10.1. The molecular weight excluding hydrogens is 310 g/mol. The molecule has 0 aliphatic carbocycles. The fourth-order valence-corrected chi connectivity index (χ4v) is 3.16. The molecule has 4 nitrogen and oxygen atoms in total. The lowest BCUT2D eigenvalue weighted by Gasteiger charge is -2.15. The highest BCUT2D eigenvalue weighted by molar-refractivity contribution is 5.99. The number of carbonyl (C=O) groups is 1. The predicted molar refractivity (Wildman–Crippen MR) is 101 cm³/mol. The van der Waals surface area contributed by atoms with Crippen LogP contribution in [0.2, 0.25) is 0 Å². The van der Waals surface area contributed by atoms with Crippen LogP contribution in [0.5, 0.6) is 0 Å². The molecule has 0 bridgehead atoms. The summed E-state index contributed by atoms with van der Waals surface area (Å²) in [4.78, 5) is 14.5. The highest BCUT2D eigenvalue weighted by atomic mass is 16.2. The van der Waals surface area contributed by atoms with Gasteiger partial charge in [-0.15, -0.1) is 0 Å². The van der Waals surface area contributed by atoms with E-state index >= 15 is 0 Å². The summed E-state index contributed by atoms with van der Waals surface area (Å²) in [5.74, 6) is 0.0876. The Balaban J connectivity index is 1.54. The molecule has 0 unspecified atom stereocenters. The maximum Gasteiger partial charge on any atom is 0.254 e. The van der Waals surface area contributed by atoms with Crippen molar-refractivity contribution in [1.29, 1.82) is 0 Å². The molecule has 124 valence electrons. The van der Waals surface area contributed by atoms with Crippen LogP contribution in [0, 0.1) is 0 Å². The molecule has 0 radical (unpaired) electrons. The molecule has 4 rings (SSSR count). The fraction of sp³-hybridized carbons (Fsp3) is 0.0952. The van der Waals surface area contributed by atoms with Crippen LogP contribution in [0.25, 0.3) is 0 Å². The molecule has 1 aliphatic heterocycles. The normalized spacial score (nSPS) is 13.0. The first-order chi connectivity index (χ1) is 12.2. The van der Waals surface area contributed by atoms with Gasteiger partial charge in [-0.1, -0.05) is 42.5 Å². The number of hydrogen-bond donors (Lipinski definition) is 2. The van der Waals surface area contributed by atoms with Gasteiger partial charge in [-0.25, -0.2) is 0 Å². The van der Waals surface area contributed by atoms with E-state index in [1.807, 2.05) is 77.7 Å². The van der Waals surface area contributed by atoms with E-state index in [0.717, 1.165) is 28.1 Å². The Morgan fingerprint density at radius 2 is 1.72 bits per heavy atom. The van der Waals surface area contributed by atoms with Crippen molar-refractivity contribution in [2.75, 3.05) is 11.1 Å². The molecule has 1 amide bonds. The molecule has 0 aromatic heterocycles. The van der Waals surface area contributed by atoms with Crippen LogP contribution in [0.15, 0.2) is 72.8 Å². The quantitative estimate of drug-likeness (QED) is 0.706. The third-order valence-electron chi connectivity index (χ3n) is 4.44. The van der Waals surface area contributed by atoms with Crippen molar-refractivity contribution in [2.45, 2.75) is 13.1 Å². The van der Waals surface area contributed by atoms with Gasteiger partial charge in [0.2, 0.25) is 0 Å². The number of nitrogens with one attached hydrogen (secondary N) is 1. The molecule has 0 saturated heterocycles. The van der Waals surface area contributed by atoms with Crippen LogP contribution in [-0.2, 0) is 13.1 Å². The summed E-state index contributed by atoms with van der Waals surface area (Å²) in [6.45, 7) is 1.26. The Labute approximate surface area is 146 Å². The zero-order chi connectivity index (χ0) is 17.2. The van der Waals surface area contributed by atoms with E-state index in [2.05, 4.69) is 5.32 Å². The van der Waals surface area contributed by atoms with E-state index < -0.39 is 0 Å². The smallest absolute Gasteiger partial charge is 0.254 e. The number of carbonyl (C=O) groups excluding carboxylic acids is 1. The van der Waals surface area contributed by atoms with Crippen molar-refractivity contribution in [3.8, 4) is 0 Å². The summed E-state index contributed by atoms with van der Waals surface area (Å²) in [5.41, 5.74) is 11.5. The standard InChI is InChI=1S/C21H19N3O/c22-19-8-4-5-9-20(19)23-17-10-11-18-16(12-17)14-24(21(18)25)13-15-6-2-1-3-7-15/h1-12,23H,13-14,22H2. The summed E-state index contributed by atoms with van der Waals surface area (Å²) in [5, 5.41) is 3.33. The number of nitrogens with two attached hydrogens (primary N) is 1. The minimum atomic E-state index is 0.0876. The van der Waals surface area contributed by atoms with Crippen molar-refractivity contribution in [2.24, 2.45) is 0 Å². The van der Waals surface area contributed by atoms with Crippen LogP contribution in [-0.4, -0.2) is 10.8 Å². The summed E-state index contributed by atoms with van der Waals surface area (Å²) in [6, 6.07) is 23.6. The zero-order valence-corrected chi connectivity index (χ0v) is 13.8. The number of rotatable bonds is 4. The minimum Gasteiger partial charge on any atom is -0.397 e. The van der Waals surface area contributed by atoms with Gasteiger partial charge < -0.3 is 16.0 Å². The molecule has 1 aliphatic rings. The van der Waals surface area contributed by atoms with E-state index in [1.165, 1.54) is 0 Å². The van der Waals surface area contributed by atoms with Gasteiger partial charge in [0.1, 0.15) is 0 Å². The monoisotopic (exact) mass is 329 g/mol. The van der Waals surface area contributed by atoms with Gasteiger partial charge in [-0.2, -0.15) is 0 Å². The number of amides is 1. The Morgan fingerprint density at radius 3 is 2.52 bits per heavy atom. The first kappa shape index (κ1) is 15.3. The second-order valence-electron chi connectivity index (χ2n) is 6.23. The highest BCUT2D eigenvalue weighted by Crippen LogP contribution is 2.29. The van der Waals surface area contributed by atoms with E-state index in [1.54, 1.807) is 0 Å². The molecule has 3 N–H and O–H groups in total. The van der Waals surface area contributed by atoms with Crippen LogP contribution < -0.4 is 11.1 Å². The van der Waals surface area contributed by atoms with Crippen molar-refractivity contribution >= 4 is 23.0 Å². The molecule has 0 atom stereocenters. The summed E-state index contributed by atoms with van der Waals surface area (Å²) >= 11 is 0. The third-order valence-corrected chi connectivity index (χ3v) is 4.44. The first-order valence-electron chi connectivity index (χ1n) is 8.28. The van der Waals surface area contributed by atoms with Crippen LogP contribution in [0.4, 0.5) is 17.1 Å². The molecular formula is C21H19N3O. The van der Waals surface area contributed by atoms with Gasteiger partial charge in [0.25, 0.3) is 5.91 Å². The molecule has 3 aromatic carbocycles. The van der Waals surface area contributed by atoms with E-state index in [4.69, 9.17) is 5.73 Å². The van der Waals surface area contributed by atoms with E-state index in [0.29, 0.717) is 18.8 Å². The Hall–Kier alpha value is -3.27. The molecule has 25 heavy (non-hydrogen) atoms. The van der Waals surface area contributed by atoms with Crippen molar-refractivity contribution in [3.63, 3.8) is 0 Å². The number of nitrogen functional groups attached to an aromatic ring is 1. The van der Waals surface area contributed by atoms with Crippen LogP contribution in [0.1, 0.15) is 21.5 Å². The van der Waals surface area contributed by atoms with E-state index in [-0.39, 0.29) is 5.91 Å². The summed E-state index contributed by atoms with van der Waals surface area (Å²) < 4.78 is 0. The van der Waals surface area contributed by atoms with Gasteiger partial charge >= 0.3 is 0 Å². The maximum atomic E-state index is 12.6. The highest BCUT2D eigenvalue weighted by Gasteiger charge is 2.27. The lowest BCUT2D eigenvalue weighted by molar-refractivity contribution is 0.0766. The van der Waals surface area contributed by atoms with Gasteiger partial charge in [0.15, 0.2) is 0 Å². The van der Waals surface area contributed by atoms with Crippen molar-refractivity contribution in [1.82, 2.24) is 4.90 Å². The van der Waals surface area contributed by atoms with Crippen LogP contribution in [0.3, 0.4) is 0 Å². The predicted octanol–water partition coefficient (Wildman–Crippen LogP) is 4.17. The average Bonchev–Trinajstić information content (AvgIpc) is 2.93. The summed E-state index contributed by atoms with van der Waals surface area (Å²) in [7, 11) is 0. The van der Waals surface area contributed by atoms with Crippen LogP contribution >= 0.6 is 0 Å². The average molecular weight is 329 g/mol. The van der Waals surface area contributed by atoms with Gasteiger partial charge in [0, 0.05) is 24.3 Å². The summed E-state index contributed by atoms with van der Waals surface area (Å²) in [6.07, 6.45) is 0. The topological polar surface area (TPSA) is 58.4 Å². The lowest BCUT2D eigenvalue weighted by Crippen LogP contribution is -2.23.